The standard InChI is InChI=1S/C26H24ClNO5/c1-15-13-16(2)25(32-3)19(14-15)23(29)21-22(20-5-4-12-33-20)28(26(31)24(21)30)11-10-17-6-8-18(27)9-7-17/h4-9,12-14,22,29H,10-11H2,1-3H3/b23-21-. The van der Waals surface area contributed by atoms with Gasteiger partial charge < -0.3 is 19.2 Å². The molecule has 0 saturated carbocycles. The number of ether oxygens (including phenoxy) is 1. The molecule has 2 heterocycles. The number of Topliss-reactive ketones (excluding diaryl/α,β-unsaturated/α-hetero) is 1. The zero-order chi connectivity index (χ0) is 23.7. The van der Waals surface area contributed by atoms with Gasteiger partial charge in [-0.3, -0.25) is 9.59 Å². The van der Waals surface area contributed by atoms with Crippen molar-refractivity contribution >= 4 is 29.1 Å². The van der Waals surface area contributed by atoms with Gasteiger partial charge in [0.15, 0.2) is 0 Å². The number of carbonyl (C=O) groups is 2. The number of likely N-dealkylation sites (tertiary alicyclic amines) is 1. The number of benzene rings is 2. The summed E-state index contributed by atoms with van der Waals surface area (Å²) in [5, 5.41) is 11.9. The second-order valence-electron chi connectivity index (χ2n) is 8.05. The molecule has 33 heavy (non-hydrogen) atoms. The molecule has 7 heteroatoms. The summed E-state index contributed by atoms with van der Waals surface area (Å²) in [5.41, 5.74) is 3.01. The summed E-state index contributed by atoms with van der Waals surface area (Å²) >= 11 is 5.97. The summed E-state index contributed by atoms with van der Waals surface area (Å²) in [6.45, 7) is 4.01. The van der Waals surface area contributed by atoms with Crippen molar-refractivity contribution in [1.29, 1.82) is 0 Å². The molecule has 3 aromatic rings. The third-order valence-corrected chi connectivity index (χ3v) is 6.04. The number of furan rings is 1. The third-order valence-electron chi connectivity index (χ3n) is 5.79. The van der Waals surface area contributed by atoms with E-state index in [1.807, 2.05) is 32.0 Å². The van der Waals surface area contributed by atoms with E-state index >= 15 is 0 Å². The molecule has 1 amide bonds. The van der Waals surface area contributed by atoms with Crippen LogP contribution in [0.2, 0.25) is 5.02 Å². The maximum atomic E-state index is 13.2. The van der Waals surface area contributed by atoms with Crippen molar-refractivity contribution in [2.75, 3.05) is 13.7 Å². The van der Waals surface area contributed by atoms with E-state index in [-0.39, 0.29) is 17.9 Å². The first-order chi connectivity index (χ1) is 15.8. The SMILES string of the molecule is COc1c(C)cc(C)cc1/C(O)=C1/C(=O)C(=O)N(CCc2ccc(Cl)cc2)C1c1ccco1. The van der Waals surface area contributed by atoms with Crippen LogP contribution in [0.4, 0.5) is 0 Å². The van der Waals surface area contributed by atoms with E-state index in [9.17, 15) is 14.7 Å². The lowest BCUT2D eigenvalue weighted by Gasteiger charge is -2.23. The number of methoxy groups -OCH3 is 1. The Kier molecular flexibility index (Phi) is 6.29. The van der Waals surface area contributed by atoms with Crippen LogP contribution < -0.4 is 4.74 Å². The van der Waals surface area contributed by atoms with E-state index in [1.54, 1.807) is 30.3 Å². The summed E-state index contributed by atoms with van der Waals surface area (Å²) in [6.07, 6.45) is 1.99. The topological polar surface area (TPSA) is 80.0 Å². The fourth-order valence-corrected chi connectivity index (χ4v) is 4.43. The van der Waals surface area contributed by atoms with E-state index in [4.69, 9.17) is 20.8 Å². The number of aryl methyl sites for hydroxylation is 2. The molecule has 1 atom stereocenters. The van der Waals surface area contributed by atoms with Crippen LogP contribution in [0, 0.1) is 13.8 Å². The second-order valence-corrected chi connectivity index (χ2v) is 8.48. The van der Waals surface area contributed by atoms with Gasteiger partial charge in [-0.15, -0.1) is 0 Å². The van der Waals surface area contributed by atoms with Gasteiger partial charge in [0.25, 0.3) is 11.7 Å². The van der Waals surface area contributed by atoms with Crippen LogP contribution in [0.3, 0.4) is 0 Å². The van der Waals surface area contributed by atoms with Gasteiger partial charge in [0.2, 0.25) is 0 Å². The molecule has 1 aromatic heterocycles. The smallest absolute Gasteiger partial charge is 0.295 e. The van der Waals surface area contributed by atoms with Crippen molar-refractivity contribution in [1.82, 2.24) is 4.90 Å². The van der Waals surface area contributed by atoms with Crippen LogP contribution in [-0.4, -0.2) is 35.4 Å². The molecule has 0 bridgehead atoms. The van der Waals surface area contributed by atoms with Gasteiger partial charge in [-0.1, -0.05) is 29.8 Å². The van der Waals surface area contributed by atoms with Gasteiger partial charge in [-0.25, -0.2) is 0 Å². The van der Waals surface area contributed by atoms with Crippen molar-refractivity contribution in [3.05, 3.63) is 93.4 Å². The molecular formula is C26H24ClNO5. The number of hydrogen-bond donors (Lipinski definition) is 1. The largest absolute Gasteiger partial charge is 0.507 e. The number of aliphatic hydroxyl groups excluding tert-OH is 1. The molecule has 1 unspecified atom stereocenters. The Balaban J connectivity index is 1.80. The van der Waals surface area contributed by atoms with Gasteiger partial charge in [0, 0.05) is 11.6 Å². The molecule has 6 nitrogen and oxygen atoms in total. The Morgan fingerprint density at radius 3 is 2.52 bits per heavy atom. The summed E-state index contributed by atoms with van der Waals surface area (Å²) in [7, 11) is 1.50. The third kappa shape index (κ3) is 4.26. The molecule has 0 aliphatic carbocycles. The molecule has 170 valence electrons. The predicted octanol–water partition coefficient (Wildman–Crippen LogP) is 5.22. The van der Waals surface area contributed by atoms with Crippen LogP contribution in [0.15, 0.2) is 64.8 Å². The minimum absolute atomic E-state index is 0.0191. The number of amides is 1. The lowest BCUT2D eigenvalue weighted by molar-refractivity contribution is -0.140. The zero-order valence-corrected chi connectivity index (χ0v) is 19.3. The van der Waals surface area contributed by atoms with Crippen LogP contribution in [0.1, 0.15) is 34.1 Å². The zero-order valence-electron chi connectivity index (χ0n) is 18.6. The molecule has 0 radical (unpaired) electrons. The fraction of sp³-hybridized carbons (Fsp3) is 0.231. The average Bonchev–Trinajstić information content (AvgIpc) is 3.40. The molecular weight excluding hydrogens is 442 g/mol. The number of carbonyl (C=O) groups excluding carboxylic acids is 2. The molecule has 1 aliphatic heterocycles. The number of nitrogens with zero attached hydrogens (tertiary/aromatic N) is 1. The van der Waals surface area contributed by atoms with E-state index in [2.05, 4.69) is 0 Å². The Morgan fingerprint density at radius 2 is 1.88 bits per heavy atom. The quantitative estimate of drug-likeness (QED) is 0.306. The Bertz CT molecular complexity index is 1230. The van der Waals surface area contributed by atoms with Gasteiger partial charge in [-0.05, 0) is 67.3 Å². The van der Waals surface area contributed by atoms with Crippen molar-refractivity contribution < 1.29 is 23.8 Å². The van der Waals surface area contributed by atoms with Gasteiger partial charge >= 0.3 is 0 Å². The minimum atomic E-state index is -0.849. The predicted molar refractivity (Wildman–Crippen MR) is 125 cm³/mol. The fourth-order valence-electron chi connectivity index (χ4n) is 4.30. The number of hydrogen-bond acceptors (Lipinski definition) is 5. The molecule has 0 spiro atoms. The van der Waals surface area contributed by atoms with Crippen molar-refractivity contribution in [3.63, 3.8) is 0 Å². The van der Waals surface area contributed by atoms with Crippen molar-refractivity contribution in [2.45, 2.75) is 26.3 Å². The molecule has 1 N–H and O–H groups in total. The number of halogens is 1. The van der Waals surface area contributed by atoms with E-state index in [0.717, 1.165) is 16.7 Å². The summed E-state index contributed by atoms with van der Waals surface area (Å²) in [5.74, 6) is -0.882. The Morgan fingerprint density at radius 1 is 1.15 bits per heavy atom. The van der Waals surface area contributed by atoms with Crippen molar-refractivity contribution in [3.8, 4) is 5.75 Å². The van der Waals surface area contributed by atoms with Gasteiger partial charge in [0.1, 0.15) is 23.3 Å². The molecule has 1 aliphatic rings. The van der Waals surface area contributed by atoms with E-state index in [1.165, 1.54) is 18.3 Å². The van der Waals surface area contributed by atoms with Crippen LogP contribution in [0.25, 0.3) is 5.76 Å². The highest BCUT2D eigenvalue weighted by Gasteiger charge is 2.47. The first kappa shape index (κ1) is 22.7. The van der Waals surface area contributed by atoms with E-state index < -0.39 is 17.7 Å². The molecule has 1 fully saturated rings. The Labute approximate surface area is 197 Å². The van der Waals surface area contributed by atoms with Crippen LogP contribution in [-0.2, 0) is 16.0 Å². The summed E-state index contributed by atoms with van der Waals surface area (Å²) < 4.78 is 11.1. The normalized spacial score (nSPS) is 17.6. The highest BCUT2D eigenvalue weighted by atomic mass is 35.5. The second kappa shape index (κ2) is 9.16. The minimum Gasteiger partial charge on any atom is -0.507 e. The number of ketones is 1. The molecule has 4 rings (SSSR count). The first-order valence-corrected chi connectivity index (χ1v) is 10.9. The summed E-state index contributed by atoms with van der Waals surface area (Å²) in [6, 6.07) is 13.5. The molecule has 2 aromatic carbocycles. The highest BCUT2D eigenvalue weighted by Crippen LogP contribution is 2.42. The molecule has 1 saturated heterocycles. The first-order valence-electron chi connectivity index (χ1n) is 10.5. The monoisotopic (exact) mass is 465 g/mol. The average molecular weight is 466 g/mol. The maximum absolute atomic E-state index is 13.2. The maximum Gasteiger partial charge on any atom is 0.295 e. The summed E-state index contributed by atoms with van der Waals surface area (Å²) in [4.78, 5) is 27.7. The van der Waals surface area contributed by atoms with Crippen molar-refractivity contribution in [2.24, 2.45) is 0 Å². The number of rotatable bonds is 6. The highest BCUT2D eigenvalue weighted by molar-refractivity contribution is 6.46. The lowest BCUT2D eigenvalue weighted by atomic mass is 9.96. The lowest BCUT2D eigenvalue weighted by Crippen LogP contribution is -2.31. The van der Waals surface area contributed by atoms with Crippen LogP contribution >= 0.6 is 11.6 Å². The van der Waals surface area contributed by atoms with Gasteiger partial charge in [-0.2, -0.15) is 0 Å². The van der Waals surface area contributed by atoms with E-state index in [0.29, 0.717) is 28.5 Å². The Hall–Kier alpha value is -3.51. The van der Waals surface area contributed by atoms with Crippen LogP contribution in [0.5, 0.6) is 5.75 Å². The van der Waals surface area contributed by atoms with Gasteiger partial charge in [0.05, 0.1) is 24.5 Å². The number of aliphatic hydroxyl groups is 1.